The third-order valence-corrected chi connectivity index (χ3v) is 5.96. The van der Waals surface area contributed by atoms with Crippen LogP contribution in [-0.4, -0.2) is 34.9 Å². The molecule has 0 radical (unpaired) electrons. The van der Waals surface area contributed by atoms with E-state index in [1.807, 2.05) is 6.92 Å². The van der Waals surface area contributed by atoms with Crippen LogP contribution in [-0.2, 0) is 4.74 Å². The minimum atomic E-state index is -0.675. The van der Waals surface area contributed by atoms with Gasteiger partial charge in [-0.2, -0.15) is 9.78 Å². The Kier molecular flexibility index (Phi) is 6.95. The highest BCUT2D eigenvalue weighted by molar-refractivity contribution is 7.16. The average molecular weight is 498 g/mol. The predicted octanol–water partition coefficient (Wildman–Crippen LogP) is 4.93. The van der Waals surface area contributed by atoms with Gasteiger partial charge in [-0.3, -0.25) is 9.59 Å². The number of carbonyl (C=O) groups is 2. The number of nitrogens with one attached hydrogen (secondary N) is 1. The summed E-state index contributed by atoms with van der Waals surface area (Å²) in [6.07, 6.45) is 0. The minimum Gasteiger partial charge on any atom is -0.494 e. The Hall–Kier alpha value is -3.69. The van der Waals surface area contributed by atoms with Gasteiger partial charge in [0.05, 0.1) is 24.3 Å². The summed E-state index contributed by atoms with van der Waals surface area (Å²) in [6.45, 7) is 4.21. The summed E-state index contributed by atoms with van der Waals surface area (Å²) < 4.78 is 11.6. The van der Waals surface area contributed by atoms with Crippen LogP contribution < -0.4 is 15.6 Å². The van der Waals surface area contributed by atoms with Crippen molar-refractivity contribution in [2.75, 3.05) is 18.5 Å². The van der Waals surface area contributed by atoms with Crippen LogP contribution in [0, 0.1) is 0 Å². The van der Waals surface area contributed by atoms with Crippen molar-refractivity contribution in [1.29, 1.82) is 0 Å². The number of hydrogen-bond donors (Lipinski definition) is 1. The van der Waals surface area contributed by atoms with Gasteiger partial charge in [-0.05, 0) is 56.3 Å². The van der Waals surface area contributed by atoms with Crippen LogP contribution in [0.25, 0.3) is 16.5 Å². The predicted molar refractivity (Wildman–Crippen MR) is 132 cm³/mol. The first-order valence-electron chi connectivity index (χ1n) is 10.4. The fourth-order valence-electron chi connectivity index (χ4n) is 3.32. The maximum absolute atomic E-state index is 13.4. The Bertz CT molecular complexity index is 1430. The minimum absolute atomic E-state index is 0.0331. The number of rotatable bonds is 7. The zero-order chi connectivity index (χ0) is 24.2. The molecule has 0 fully saturated rings. The van der Waals surface area contributed by atoms with Crippen molar-refractivity contribution in [2.24, 2.45) is 0 Å². The van der Waals surface area contributed by atoms with E-state index in [0.717, 1.165) is 16.0 Å². The number of benzene rings is 2. The lowest BCUT2D eigenvalue weighted by atomic mass is 10.2. The van der Waals surface area contributed by atoms with Crippen molar-refractivity contribution >= 4 is 50.6 Å². The monoisotopic (exact) mass is 497 g/mol. The van der Waals surface area contributed by atoms with Crippen LogP contribution in [0.1, 0.15) is 34.7 Å². The highest BCUT2D eigenvalue weighted by Gasteiger charge is 2.23. The Labute approximate surface area is 203 Å². The molecule has 1 amide bonds. The lowest BCUT2D eigenvalue weighted by Gasteiger charge is -2.10. The molecule has 0 aliphatic heterocycles. The summed E-state index contributed by atoms with van der Waals surface area (Å²) in [5, 5.41) is 9.79. The van der Waals surface area contributed by atoms with E-state index in [-0.39, 0.29) is 17.7 Å². The van der Waals surface area contributed by atoms with Gasteiger partial charge < -0.3 is 14.8 Å². The SMILES string of the molecule is CCOC(=O)c1nn(-c2cccc(Cl)c2)c(=O)c2c(NC(=O)c3ccc(OCC)cc3)scc12. The molecule has 0 unspecified atom stereocenters. The van der Waals surface area contributed by atoms with Crippen molar-refractivity contribution in [2.45, 2.75) is 13.8 Å². The van der Waals surface area contributed by atoms with Crippen LogP contribution in [0.15, 0.2) is 58.7 Å². The largest absolute Gasteiger partial charge is 0.494 e. The number of fused-ring (bicyclic) bond motifs is 1. The van der Waals surface area contributed by atoms with Crippen LogP contribution in [0.3, 0.4) is 0 Å². The molecule has 0 aliphatic rings. The summed E-state index contributed by atoms with van der Waals surface area (Å²) in [5.74, 6) is -0.435. The highest BCUT2D eigenvalue weighted by atomic mass is 35.5. The van der Waals surface area contributed by atoms with Gasteiger partial charge in [0.2, 0.25) is 0 Å². The molecule has 4 aromatic rings. The van der Waals surface area contributed by atoms with Crippen molar-refractivity contribution in [3.8, 4) is 11.4 Å². The molecule has 174 valence electrons. The zero-order valence-corrected chi connectivity index (χ0v) is 19.9. The third-order valence-electron chi connectivity index (χ3n) is 4.83. The summed E-state index contributed by atoms with van der Waals surface area (Å²) in [4.78, 5) is 38.9. The number of ether oxygens (including phenoxy) is 2. The van der Waals surface area contributed by atoms with Gasteiger partial charge in [0.1, 0.15) is 10.8 Å². The Balaban J connectivity index is 1.81. The van der Waals surface area contributed by atoms with Gasteiger partial charge in [0.25, 0.3) is 11.5 Å². The van der Waals surface area contributed by atoms with Crippen LogP contribution >= 0.6 is 22.9 Å². The third kappa shape index (κ3) is 4.66. The number of amides is 1. The quantitative estimate of drug-likeness (QED) is 0.363. The van der Waals surface area contributed by atoms with Gasteiger partial charge in [-0.25, -0.2) is 4.79 Å². The molecule has 0 bridgehead atoms. The van der Waals surface area contributed by atoms with Gasteiger partial charge >= 0.3 is 5.97 Å². The molecule has 0 atom stereocenters. The van der Waals surface area contributed by atoms with E-state index in [2.05, 4.69) is 10.4 Å². The van der Waals surface area contributed by atoms with E-state index in [9.17, 15) is 14.4 Å². The fourth-order valence-corrected chi connectivity index (χ4v) is 4.44. The van der Waals surface area contributed by atoms with Crippen molar-refractivity contribution < 1.29 is 19.1 Å². The number of aromatic nitrogens is 2. The Morgan fingerprint density at radius 3 is 2.56 bits per heavy atom. The molecule has 0 aliphatic carbocycles. The molecule has 0 saturated heterocycles. The second-order valence-corrected chi connectivity index (χ2v) is 8.35. The van der Waals surface area contributed by atoms with E-state index in [1.165, 1.54) is 0 Å². The lowest BCUT2D eigenvalue weighted by molar-refractivity contribution is 0.0520. The normalized spacial score (nSPS) is 10.8. The molecule has 2 aromatic heterocycles. The number of anilines is 1. The number of halogens is 1. The van der Waals surface area contributed by atoms with E-state index >= 15 is 0 Å². The smallest absolute Gasteiger partial charge is 0.359 e. The first-order valence-corrected chi connectivity index (χ1v) is 11.7. The maximum Gasteiger partial charge on any atom is 0.359 e. The van der Waals surface area contributed by atoms with Crippen molar-refractivity contribution in [3.05, 3.63) is 80.5 Å². The van der Waals surface area contributed by atoms with Gasteiger partial charge in [0.15, 0.2) is 5.69 Å². The van der Waals surface area contributed by atoms with Crippen molar-refractivity contribution in [1.82, 2.24) is 9.78 Å². The summed E-state index contributed by atoms with van der Waals surface area (Å²) in [5.41, 5.74) is 0.225. The van der Waals surface area contributed by atoms with Crippen molar-refractivity contribution in [3.63, 3.8) is 0 Å². The Morgan fingerprint density at radius 1 is 1.12 bits per heavy atom. The van der Waals surface area contributed by atoms with E-state index < -0.39 is 17.4 Å². The molecule has 2 aromatic carbocycles. The maximum atomic E-state index is 13.4. The molecule has 1 N–H and O–H groups in total. The number of hydrogen-bond acceptors (Lipinski definition) is 7. The standard InChI is InChI=1S/C24H20ClN3O5S/c1-3-32-17-10-8-14(9-11-17)21(29)26-22-19-18(13-34-22)20(24(31)33-4-2)27-28(23(19)30)16-7-5-6-15(25)12-16/h5-13H,3-4H2,1-2H3,(H,26,29). The molecule has 34 heavy (non-hydrogen) atoms. The summed E-state index contributed by atoms with van der Waals surface area (Å²) in [7, 11) is 0. The summed E-state index contributed by atoms with van der Waals surface area (Å²) in [6, 6.07) is 13.2. The lowest BCUT2D eigenvalue weighted by Crippen LogP contribution is -2.25. The molecule has 8 nitrogen and oxygen atoms in total. The van der Waals surface area contributed by atoms with Gasteiger partial charge in [-0.15, -0.1) is 11.3 Å². The molecule has 0 spiro atoms. The first kappa shape index (κ1) is 23.5. The molecule has 10 heteroatoms. The average Bonchev–Trinajstić information content (AvgIpc) is 3.24. The number of carbonyl (C=O) groups excluding carboxylic acids is 2. The molecule has 4 rings (SSSR count). The number of esters is 1. The second kappa shape index (κ2) is 10.1. The topological polar surface area (TPSA) is 99.5 Å². The van der Waals surface area contributed by atoms with E-state index in [4.69, 9.17) is 21.1 Å². The van der Waals surface area contributed by atoms with Gasteiger partial charge in [0, 0.05) is 21.4 Å². The highest BCUT2D eigenvalue weighted by Crippen LogP contribution is 2.31. The molecule has 0 saturated carbocycles. The van der Waals surface area contributed by atoms with Gasteiger partial charge in [-0.1, -0.05) is 17.7 Å². The molecule has 2 heterocycles. The fraction of sp³-hybridized carbons (Fsp3) is 0.167. The Morgan fingerprint density at radius 2 is 1.88 bits per heavy atom. The number of nitrogens with zero attached hydrogens (tertiary/aromatic N) is 2. The first-order chi connectivity index (χ1) is 16.4. The van der Waals surface area contributed by atoms with Crippen LogP contribution in [0.5, 0.6) is 5.75 Å². The van der Waals surface area contributed by atoms with E-state index in [0.29, 0.717) is 39.0 Å². The molecular weight excluding hydrogens is 478 g/mol. The summed E-state index contributed by atoms with van der Waals surface area (Å²) >= 11 is 7.22. The van der Waals surface area contributed by atoms with Crippen LogP contribution in [0.4, 0.5) is 5.00 Å². The van der Waals surface area contributed by atoms with E-state index in [1.54, 1.807) is 60.8 Å². The number of thiophene rings is 1. The van der Waals surface area contributed by atoms with Crippen LogP contribution in [0.2, 0.25) is 5.02 Å². The molecular formula is C24H20ClN3O5S. The zero-order valence-electron chi connectivity index (χ0n) is 18.3. The second-order valence-electron chi connectivity index (χ2n) is 7.03.